The van der Waals surface area contributed by atoms with Gasteiger partial charge in [-0.2, -0.15) is 0 Å². The minimum atomic E-state index is -0.759. The molecule has 6 nitrogen and oxygen atoms in total. The number of hydrogen-bond donors (Lipinski definition) is 0. The van der Waals surface area contributed by atoms with Gasteiger partial charge in [0.2, 0.25) is 0 Å². The summed E-state index contributed by atoms with van der Waals surface area (Å²) in [5.41, 5.74) is 0. The molecule has 0 aromatic rings. The zero-order chi connectivity index (χ0) is 38.2. The Bertz CT molecular complexity index is 781. The summed E-state index contributed by atoms with van der Waals surface area (Å²) in [6.45, 7) is 8.95. The first-order chi connectivity index (χ1) is 25.4. The van der Waals surface area contributed by atoms with E-state index in [0.717, 1.165) is 63.7 Å². The Labute approximate surface area is 323 Å². The van der Waals surface area contributed by atoms with Crippen LogP contribution in [0, 0.1) is 5.92 Å². The van der Waals surface area contributed by atoms with Crippen LogP contribution in [0.1, 0.15) is 252 Å². The molecule has 0 spiro atoms. The summed E-state index contributed by atoms with van der Waals surface area (Å²) < 4.78 is 16.7. The van der Waals surface area contributed by atoms with Gasteiger partial charge in [0, 0.05) is 19.3 Å². The van der Waals surface area contributed by atoms with Crippen LogP contribution in [0.3, 0.4) is 0 Å². The van der Waals surface area contributed by atoms with Crippen LogP contribution in [0.25, 0.3) is 0 Å². The number of unbranched alkanes of at least 4 members (excludes halogenated alkanes) is 28. The zero-order valence-corrected chi connectivity index (χ0v) is 35.3. The smallest absolute Gasteiger partial charge is 0.306 e. The van der Waals surface area contributed by atoms with E-state index in [0.29, 0.717) is 19.3 Å². The third kappa shape index (κ3) is 39.6. The summed E-state index contributed by atoms with van der Waals surface area (Å²) in [6, 6.07) is 0. The molecule has 0 heterocycles. The quantitative estimate of drug-likeness (QED) is 0.0353. The van der Waals surface area contributed by atoms with E-state index in [9.17, 15) is 14.4 Å². The van der Waals surface area contributed by atoms with Crippen LogP contribution < -0.4 is 0 Å². The van der Waals surface area contributed by atoms with Crippen LogP contribution >= 0.6 is 0 Å². The number of carbonyl (C=O) groups excluding carboxylic acids is 3. The Balaban J connectivity index is 4.33. The van der Waals surface area contributed by atoms with Crippen molar-refractivity contribution in [2.75, 3.05) is 13.2 Å². The molecule has 0 amide bonds. The third-order valence-corrected chi connectivity index (χ3v) is 10.3. The zero-order valence-electron chi connectivity index (χ0n) is 35.3. The van der Waals surface area contributed by atoms with E-state index >= 15 is 0 Å². The molecular formula is C46H88O6. The lowest BCUT2D eigenvalue weighted by Gasteiger charge is -2.18. The number of rotatable bonds is 41. The van der Waals surface area contributed by atoms with Gasteiger partial charge in [0.15, 0.2) is 6.10 Å². The highest BCUT2D eigenvalue weighted by atomic mass is 16.6. The molecule has 0 saturated heterocycles. The molecule has 6 heteroatoms. The maximum absolute atomic E-state index is 12.7. The second-order valence-corrected chi connectivity index (χ2v) is 16.2. The van der Waals surface area contributed by atoms with Gasteiger partial charge < -0.3 is 14.2 Å². The highest BCUT2D eigenvalue weighted by Crippen LogP contribution is 2.16. The number of hydrogen-bond acceptors (Lipinski definition) is 6. The molecule has 0 unspecified atom stereocenters. The largest absolute Gasteiger partial charge is 0.462 e. The molecule has 0 aliphatic rings. The minimum absolute atomic E-state index is 0.0640. The second-order valence-electron chi connectivity index (χ2n) is 16.2. The molecule has 52 heavy (non-hydrogen) atoms. The number of carbonyl (C=O) groups is 3. The van der Waals surface area contributed by atoms with E-state index in [2.05, 4.69) is 27.7 Å². The van der Waals surface area contributed by atoms with Gasteiger partial charge in [-0.3, -0.25) is 14.4 Å². The van der Waals surface area contributed by atoms with E-state index in [4.69, 9.17) is 14.2 Å². The third-order valence-electron chi connectivity index (χ3n) is 10.3. The number of esters is 3. The van der Waals surface area contributed by atoms with Crippen LogP contribution in [-0.4, -0.2) is 37.2 Å². The van der Waals surface area contributed by atoms with Crippen molar-refractivity contribution in [3.8, 4) is 0 Å². The average Bonchev–Trinajstić information content (AvgIpc) is 3.12. The summed E-state index contributed by atoms with van der Waals surface area (Å²) >= 11 is 0. The van der Waals surface area contributed by atoms with Crippen LogP contribution in [0.4, 0.5) is 0 Å². The van der Waals surface area contributed by atoms with Gasteiger partial charge in [-0.15, -0.1) is 0 Å². The fourth-order valence-electron chi connectivity index (χ4n) is 6.80. The Morgan fingerprint density at radius 1 is 0.365 bits per heavy atom. The molecule has 0 rings (SSSR count). The normalized spacial score (nSPS) is 11.9. The highest BCUT2D eigenvalue weighted by Gasteiger charge is 2.19. The predicted octanol–water partition coefficient (Wildman–Crippen LogP) is 14.3. The molecule has 0 bridgehead atoms. The summed E-state index contributed by atoms with van der Waals surface area (Å²) in [4.78, 5) is 37.7. The van der Waals surface area contributed by atoms with Crippen molar-refractivity contribution >= 4 is 17.9 Å². The van der Waals surface area contributed by atoms with Crippen LogP contribution in [0.15, 0.2) is 0 Å². The van der Waals surface area contributed by atoms with Gasteiger partial charge in [-0.25, -0.2) is 0 Å². The molecule has 0 aromatic heterocycles. The maximum Gasteiger partial charge on any atom is 0.306 e. The van der Waals surface area contributed by atoms with E-state index in [1.807, 2.05) is 0 Å². The molecule has 0 fully saturated rings. The summed E-state index contributed by atoms with van der Waals surface area (Å²) in [5.74, 6) is -0.0592. The Hall–Kier alpha value is -1.59. The van der Waals surface area contributed by atoms with Gasteiger partial charge in [0.05, 0.1) is 0 Å². The minimum Gasteiger partial charge on any atom is -0.462 e. The second kappa shape index (κ2) is 40.6. The van der Waals surface area contributed by atoms with Crippen molar-refractivity contribution in [3.63, 3.8) is 0 Å². The van der Waals surface area contributed by atoms with Gasteiger partial charge in [0.1, 0.15) is 13.2 Å². The first-order valence-corrected chi connectivity index (χ1v) is 22.9. The van der Waals surface area contributed by atoms with Crippen molar-refractivity contribution in [2.45, 2.75) is 259 Å². The molecule has 0 saturated carbocycles. The van der Waals surface area contributed by atoms with Crippen molar-refractivity contribution in [1.82, 2.24) is 0 Å². The molecule has 0 aliphatic carbocycles. The molecule has 308 valence electrons. The van der Waals surface area contributed by atoms with Crippen LogP contribution in [0.5, 0.6) is 0 Å². The monoisotopic (exact) mass is 737 g/mol. The maximum atomic E-state index is 12.7. The van der Waals surface area contributed by atoms with Gasteiger partial charge in [-0.05, 0) is 25.2 Å². The van der Waals surface area contributed by atoms with Crippen molar-refractivity contribution in [1.29, 1.82) is 0 Å². The average molecular weight is 737 g/mol. The first-order valence-electron chi connectivity index (χ1n) is 22.9. The summed E-state index contributed by atoms with van der Waals surface area (Å²) in [5, 5.41) is 0. The lowest BCUT2D eigenvalue weighted by molar-refractivity contribution is -0.167. The fraction of sp³-hybridized carbons (Fsp3) is 0.935. The van der Waals surface area contributed by atoms with E-state index in [-0.39, 0.29) is 31.1 Å². The summed E-state index contributed by atoms with van der Waals surface area (Å²) in [6.07, 6.45) is 39.4. The van der Waals surface area contributed by atoms with E-state index in [1.54, 1.807) is 0 Å². The SMILES string of the molecule is CCCCCCCCCCCCCCC(=O)OC[C@H](COC(=O)CCCCCCCCCCC(C)C)OC(=O)CCCCCCCCCCCCC. The predicted molar refractivity (Wildman–Crippen MR) is 220 cm³/mol. The Morgan fingerprint density at radius 3 is 0.942 bits per heavy atom. The topological polar surface area (TPSA) is 78.9 Å². The molecule has 0 N–H and O–H groups in total. The van der Waals surface area contributed by atoms with E-state index < -0.39 is 6.10 Å². The summed E-state index contributed by atoms with van der Waals surface area (Å²) in [7, 11) is 0. The van der Waals surface area contributed by atoms with Gasteiger partial charge in [0.25, 0.3) is 0 Å². The number of ether oxygens (including phenoxy) is 3. The molecule has 0 radical (unpaired) electrons. The van der Waals surface area contributed by atoms with Crippen molar-refractivity contribution in [3.05, 3.63) is 0 Å². The molecular weight excluding hydrogens is 648 g/mol. The first kappa shape index (κ1) is 50.4. The van der Waals surface area contributed by atoms with Crippen molar-refractivity contribution < 1.29 is 28.6 Å². The lowest BCUT2D eigenvalue weighted by Crippen LogP contribution is -2.30. The van der Waals surface area contributed by atoms with Gasteiger partial charge >= 0.3 is 17.9 Å². The Kier molecular flexibility index (Phi) is 39.4. The van der Waals surface area contributed by atoms with Crippen LogP contribution in [-0.2, 0) is 28.6 Å². The van der Waals surface area contributed by atoms with Gasteiger partial charge in [-0.1, -0.05) is 214 Å². The van der Waals surface area contributed by atoms with Crippen LogP contribution in [0.2, 0.25) is 0 Å². The lowest BCUT2D eigenvalue weighted by atomic mass is 10.0. The molecule has 0 aromatic carbocycles. The standard InChI is InChI=1S/C46H88O6/c1-5-7-9-11-13-15-17-19-20-25-29-33-37-44(47)50-40-43(52-46(49)39-35-31-27-21-18-16-14-12-10-8-6-2)41-51-45(48)38-34-30-26-23-22-24-28-32-36-42(3)4/h42-43H,5-41H2,1-4H3/t43-/m1/s1. The Morgan fingerprint density at radius 2 is 0.635 bits per heavy atom. The molecule has 0 aliphatic heterocycles. The highest BCUT2D eigenvalue weighted by molar-refractivity contribution is 5.71. The van der Waals surface area contributed by atoms with Crippen molar-refractivity contribution in [2.24, 2.45) is 5.92 Å². The molecule has 1 atom stereocenters. The van der Waals surface area contributed by atoms with E-state index in [1.165, 1.54) is 148 Å². The fourth-order valence-corrected chi connectivity index (χ4v) is 6.80.